The van der Waals surface area contributed by atoms with Gasteiger partial charge >= 0.3 is 0 Å². The van der Waals surface area contributed by atoms with Crippen LogP contribution in [-0.2, 0) is 0 Å². The Hall–Kier alpha value is -3.35. The quantitative estimate of drug-likeness (QED) is 0.744. The third kappa shape index (κ3) is 4.08. The van der Waals surface area contributed by atoms with Crippen LogP contribution in [0.15, 0.2) is 42.7 Å². The highest BCUT2D eigenvalue weighted by molar-refractivity contribution is 5.97. The number of amides is 2. The predicted molar refractivity (Wildman–Crippen MR) is 110 cm³/mol. The molecule has 1 fully saturated rings. The molecule has 1 aromatic carbocycles. The lowest BCUT2D eigenvalue weighted by Crippen LogP contribution is -2.46. The molecule has 3 aromatic rings. The van der Waals surface area contributed by atoms with Gasteiger partial charge in [0, 0.05) is 42.7 Å². The lowest BCUT2D eigenvalue weighted by Gasteiger charge is -2.32. The second-order valence-corrected chi connectivity index (χ2v) is 7.37. The van der Waals surface area contributed by atoms with E-state index < -0.39 is 0 Å². The minimum atomic E-state index is -0.101. The van der Waals surface area contributed by atoms with Crippen LogP contribution in [0.1, 0.15) is 44.9 Å². The number of fused-ring (bicyclic) bond motifs is 1. The summed E-state index contributed by atoms with van der Waals surface area (Å²) in [5.41, 5.74) is 4.51. The molecule has 0 spiro atoms. The van der Waals surface area contributed by atoms with E-state index in [-0.39, 0.29) is 17.9 Å². The van der Waals surface area contributed by atoms with Crippen LogP contribution in [-0.4, -0.2) is 50.8 Å². The van der Waals surface area contributed by atoms with Crippen LogP contribution in [0.4, 0.5) is 0 Å². The largest absolute Gasteiger partial charge is 0.349 e. The summed E-state index contributed by atoms with van der Waals surface area (Å²) in [5.74, 6) is -0.109. The van der Waals surface area contributed by atoms with Gasteiger partial charge in [-0.1, -0.05) is 0 Å². The van der Waals surface area contributed by atoms with Crippen molar-refractivity contribution in [3.63, 3.8) is 0 Å². The number of benzene rings is 1. The molecule has 1 aliphatic heterocycles. The van der Waals surface area contributed by atoms with Crippen molar-refractivity contribution in [2.24, 2.45) is 0 Å². The number of piperidine rings is 1. The van der Waals surface area contributed by atoms with Crippen molar-refractivity contribution in [2.75, 3.05) is 13.1 Å². The fourth-order valence-electron chi connectivity index (χ4n) is 3.55. The van der Waals surface area contributed by atoms with Gasteiger partial charge in [-0.25, -0.2) is 9.97 Å². The standard InChI is InChI=1S/C22H23N5O2/c1-14-15(2)25-20-13-17(3-4-19(20)24-14)22(29)27-11-7-18(8-12-27)26-21(28)16-5-9-23-10-6-16/h3-6,9-10,13,18H,7-8,11-12H2,1-2H3,(H,26,28). The van der Waals surface area contributed by atoms with Gasteiger partial charge in [0.1, 0.15) is 0 Å². The number of rotatable bonds is 3. The number of hydrogen-bond acceptors (Lipinski definition) is 5. The van der Waals surface area contributed by atoms with E-state index in [4.69, 9.17) is 0 Å². The first kappa shape index (κ1) is 19.0. The van der Waals surface area contributed by atoms with E-state index in [1.54, 1.807) is 24.5 Å². The Morgan fingerprint density at radius 2 is 1.59 bits per heavy atom. The molecule has 0 aliphatic carbocycles. The molecule has 7 heteroatoms. The van der Waals surface area contributed by atoms with E-state index in [1.807, 2.05) is 36.9 Å². The number of aryl methyl sites for hydroxylation is 2. The number of nitrogens with zero attached hydrogens (tertiary/aromatic N) is 4. The van der Waals surface area contributed by atoms with Crippen LogP contribution in [0.3, 0.4) is 0 Å². The third-order valence-electron chi connectivity index (χ3n) is 5.38. The Morgan fingerprint density at radius 1 is 0.931 bits per heavy atom. The summed E-state index contributed by atoms with van der Waals surface area (Å²) < 4.78 is 0. The average Bonchev–Trinajstić information content (AvgIpc) is 2.75. The van der Waals surface area contributed by atoms with Crippen LogP contribution >= 0.6 is 0 Å². The van der Waals surface area contributed by atoms with E-state index in [9.17, 15) is 9.59 Å². The van der Waals surface area contributed by atoms with Crippen molar-refractivity contribution >= 4 is 22.8 Å². The van der Waals surface area contributed by atoms with Crippen molar-refractivity contribution in [1.29, 1.82) is 0 Å². The molecule has 0 bridgehead atoms. The molecule has 7 nitrogen and oxygen atoms in total. The highest BCUT2D eigenvalue weighted by Crippen LogP contribution is 2.18. The molecular weight excluding hydrogens is 366 g/mol. The molecule has 29 heavy (non-hydrogen) atoms. The lowest BCUT2D eigenvalue weighted by atomic mass is 10.0. The Balaban J connectivity index is 1.39. The molecule has 0 atom stereocenters. The summed E-state index contributed by atoms with van der Waals surface area (Å²) in [5, 5.41) is 3.05. The number of hydrogen-bond donors (Lipinski definition) is 1. The number of pyridine rings is 1. The zero-order valence-corrected chi connectivity index (χ0v) is 16.6. The molecular formula is C22H23N5O2. The number of carbonyl (C=O) groups excluding carboxylic acids is 2. The van der Waals surface area contributed by atoms with Gasteiger partial charge in [-0.15, -0.1) is 0 Å². The van der Waals surface area contributed by atoms with Crippen molar-refractivity contribution < 1.29 is 9.59 Å². The van der Waals surface area contributed by atoms with E-state index in [1.165, 1.54) is 0 Å². The summed E-state index contributed by atoms with van der Waals surface area (Å²) in [4.78, 5) is 40.1. The van der Waals surface area contributed by atoms with Crippen molar-refractivity contribution in [3.05, 3.63) is 65.2 Å². The van der Waals surface area contributed by atoms with Gasteiger partial charge in [-0.05, 0) is 57.0 Å². The maximum absolute atomic E-state index is 12.9. The summed E-state index contributed by atoms with van der Waals surface area (Å²) in [6, 6.07) is 8.93. The van der Waals surface area contributed by atoms with Crippen LogP contribution in [0.2, 0.25) is 0 Å². The van der Waals surface area contributed by atoms with Gasteiger partial charge in [0.15, 0.2) is 0 Å². The van der Waals surface area contributed by atoms with E-state index >= 15 is 0 Å². The zero-order chi connectivity index (χ0) is 20.4. The summed E-state index contributed by atoms with van der Waals surface area (Å²) >= 11 is 0. The number of likely N-dealkylation sites (tertiary alicyclic amines) is 1. The molecule has 1 N–H and O–H groups in total. The van der Waals surface area contributed by atoms with Crippen LogP contribution in [0.25, 0.3) is 11.0 Å². The third-order valence-corrected chi connectivity index (χ3v) is 5.38. The first-order valence-electron chi connectivity index (χ1n) is 9.76. The lowest BCUT2D eigenvalue weighted by molar-refractivity contribution is 0.0698. The number of nitrogens with one attached hydrogen (secondary N) is 1. The molecule has 1 saturated heterocycles. The Kier molecular flexibility index (Phi) is 5.20. The van der Waals surface area contributed by atoms with Crippen LogP contribution < -0.4 is 5.32 Å². The number of carbonyl (C=O) groups is 2. The minimum Gasteiger partial charge on any atom is -0.349 e. The maximum atomic E-state index is 12.9. The molecule has 0 radical (unpaired) electrons. The van der Waals surface area contributed by atoms with E-state index in [0.29, 0.717) is 24.2 Å². The highest BCUT2D eigenvalue weighted by Gasteiger charge is 2.25. The van der Waals surface area contributed by atoms with Gasteiger partial charge in [0.2, 0.25) is 0 Å². The van der Waals surface area contributed by atoms with Gasteiger partial charge in [0.25, 0.3) is 11.8 Å². The molecule has 148 valence electrons. The molecule has 2 amide bonds. The van der Waals surface area contributed by atoms with Crippen LogP contribution in [0.5, 0.6) is 0 Å². The Morgan fingerprint density at radius 3 is 2.28 bits per heavy atom. The molecule has 0 saturated carbocycles. The smallest absolute Gasteiger partial charge is 0.253 e. The van der Waals surface area contributed by atoms with Gasteiger partial charge < -0.3 is 10.2 Å². The van der Waals surface area contributed by atoms with E-state index in [0.717, 1.165) is 35.3 Å². The fraction of sp³-hybridized carbons (Fsp3) is 0.318. The molecule has 3 heterocycles. The zero-order valence-electron chi connectivity index (χ0n) is 16.6. The molecule has 4 rings (SSSR count). The SMILES string of the molecule is Cc1nc2ccc(C(=O)N3CCC(NC(=O)c4ccncc4)CC3)cc2nc1C. The monoisotopic (exact) mass is 389 g/mol. The van der Waals surface area contributed by atoms with Gasteiger partial charge in [-0.2, -0.15) is 0 Å². The molecule has 2 aromatic heterocycles. The first-order chi connectivity index (χ1) is 14.0. The number of aromatic nitrogens is 3. The summed E-state index contributed by atoms with van der Waals surface area (Å²) in [6.07, 6.45) is 4.67. The second kappa shape index (κ2) is 7.95. The fourth-order valence-corrected chi connectivity index (χ4v) is 3.55. The molecule has 0 unspecified atom stereocenters. The predicted octanol–water partition coefficient (Wildman–Crippen LogP) is 2.68. The van der Waals surface area contributed by atoms with Crippen molar-refractivity contribution in [2.45, 2.75) is 32.7 Å². The summed E-state index contributed by atoms with van der Waals surface area (Å²) in [7, 11) is 0. The molecule has 1 aliphatic rings. The topological polar surface area (TPSA) is 88.1 Å². The Labute approximate surface area is 169 Å². The minimum absolute atomic E-state index is 0.00848. The van der Waals surface area contributed by atoms with Crippen molar-refractivity contribution in [1.82, 2.24) is 25.2 Å². The van der Waals surface area contributed by atoms with Crippen LogP contribution in [0, 0.1) is 13.8 Å². The average molecular weight is 389 g/mol. The second-order valence-electron chi connectivity index (χ2n) is 7.37. The van der Waals surface area contributed by atoms with Gasteiger partial charge in [-0.3, -0.25) is 14.6 Å². The normalized spacial score (nSPS) is 14.8. The summed E-state index contributed by atoms with van der Waals surface area (Å²) in [6.45, 7) is 5.06. The van der Waals surface area contributed by atoms with Gasteiger partial charge in [0.05, 0.1) is 22.4 Å². The van der Waals surface area contributed by atoms with E-state index in [2.05, 4.69) is 20.3 Å². The first-order valence-corrected chi connectivity index (χ1v) is 9.76. The maximum Gasteiger partial charge on any atom is 0.253 e. The highest BCUT2D eigenvalue weighted by atomic mass is 16.2. The Bertz CT molecular complexity index is 1060. The van der Waals surface area contributed by atoms with Crippen molar-refractivity contribution in [3.8, 4) is 0 Å².